The van der Waals surface area contributed by atoms with Gasteiger partial charge in [-0.15, -0.1) is 0 Å². The van der Waals surface area contributed by atoms with Gasteiger partial charge in [0.25, 0.3) is 5.56 Å². The molecule has 0 aliphatic rings. The molecule has 0 saturated carbocycles. The van der Waals surface area contributed by atoms with Crippen LogP contribution in [-0.4, -0.2) is 15.2 Å². The SMILES string of the molecule is Cc1c(-c2ccccn2)cn[nH]c1=O. The van der Waals surface area contributed by atoms with Gasteiger partial charge in [0, 0.05) is 17.3 Å². The molecule has 4 heteroatoms. The summed E-state index contributed by atoms with van der Waals surface area (Å²) in [5.41, 5.74) is 2.00. The van der Waals surface area contributed by atoms with E-state index in [4.69, 9.17) is 0 Å². The molecule has 4 nitrogen and oxygen atoms in total. The molecule has 0 aromatic carbocycles. The summed E-state index contributed by atoms with van der Waals surface area (Å²) in [6.07, 6.45) is 3.30. The van der Waals surface area contributed by atoms with Crippen molar-refractivity contribution in [3.63, 3.8) is 0 Å². The van der Waals surface area contributed by atoms with E-state index in [2.05, 4.69) is 15.2 Å². The average Bonchev–Trinajstić information content (AvgIpc) is 2.23. The van der Waals surface area contributed by atoms with E-state index in [0.717, 1.165) is 11.3 Å². The van der Waals surface area contributed by atoms with Crippen LogP contribution in [0.2, 0.25) is 0 Å². The van der Waals surface area contributed by atoms with Crippen molar-refractivity contribution in [1.82, 2.24) is 15.2 Å². The van der Waals surface area contributed by atoms with Gasteiger partial charge in [-0.05, 0) is 19.1 Å². The molecule has 14 heavy (non-hydrogen) atoms. The predicted molar refractivity (Wildman–Crippen MR) is 52.8 cm³/mol. The Balaban J connectivity index is 2.64. The first-order valence-electron chi connectivity index (χ1n) is 4.25. The lowest BCUT2D eigenvalue weighted by Gasteiger charge is -2.01. The summed E-state index contributed by atoms with van der Waals surface area (Å²) in [6, 6.07) is 5.56. The van der Waals surface area contributed by atoms with Crippen molar-refractivity contribution >= 4 is 0 Å². The summed E-state index contributed by atoms with van der Waals surface area (Å²) in [4.78, 5) is 15.4. The van der Waals surface area contributed by atoms with Crippen LogP contribution in [0.1, 0.15) is 5.56 Å². The van der Waals surface area contributed by atoms with Crippen molar-refractivity contribution < 1.29 is 0 Å². The van der Waals surface area contributed by atoms with Crippen molar-refractivity contribution in [3.8, 4) is 11.3 Å². The molecule has 0 amide bonds. The molecule has 0 saturated heterocycles. The van der Waals surface area contributed by atoms with Gasteiger partial charge in [0.05, 0.1) is 11.9 Å². The summed E-state index contributed by atoms with van der Waals surface area (Å²) in [5.74, 6) is 0. The maximum atomic E-state index is 11.3. The van der Waals surface area contributed by atoms with Crippen molar-refractivity contribution in [2.24, 2.45) is 0 Å². The molecule has 2 aromatic rings. The largest absolute Gasteiger partial charge is 0.268 e. The molecule has 0 unspecified atom stereocenters. The van der Waals surface area contributed by atoms with E-state index in [0.29, 0.717) is 5.56 Å². The maximum Gasteiger partial charge on any atom is 0.267 e. The lowest BCUT2D eigenvalue weighted by Crippen LogP contribution is -2.12. The van der Waals surface area contributed by atoms with Crippen LogP contribution >= 0.6 is 0 Å². The first-order chi connectivity index (χ1) is 6.79. The molecule has 0 radical (unpaired) electrons. The average molecular weight is 187 g/mol. The van der Waals surface area contributed by atoms with Gasteiger partial charge < -0.3 is 0 Å². The Bertz CT molecular complexity index is 490. The third-order valence-corrected chi connectivity index (χ3v) is 2.05. The standard InChI is InChI=1S/C10H9N3O/c1-7-8(6-12-13-10(7)14)9-4-2-3-5-11-9/h2-6H,1H3,(H,13,14). The normalized spacial score (nSPS) is 10.1. The minimum Gasteiger partial charge on any atom is -0.268 e. The topological polar surface area (TPSA) is 58.6 Å². The van der Waals surface area contributed by atoms with Gasteiger partial charge in [-0.3, -0.25) is 9.78 Å². The van der Waals surface area contributed by atoms with E-state index in [9.17, 15) is 4.79 Å². The number of nitrogens with zero attached hydrogens (tertiary/aromatic N) is 2. The van der Waals surface area contributed by atoms with E-state index >= 15 is 0 Å². The second kappa shape index (κ2) is 3.41. The Morgan fingerprint density at radius 2 is 2.21 bits per heavy atom. The number of nitrogens with one attached hydrogen (secondary N) is 1. The van der Waals surface area contributed by atoms with Gasteiger partial charge in [-0.25, -0.2) is 5.10 Å². The third kappa shape index (κ3) is 1.42. The van der Waals surface area contributed by atoms with Gasteiger partial charge >= 0.3 is 0 Å². The van der Waals surface area contributed by atoms with E-state index in [1.807, 2.05) is 18.2 Å². The zero-order chi connectivity index (χ0) is 9.97. The second-order valence-electron chi connectivity index (χ2n) is 2.95. The molecule has 0 aliphatic carbocycles. The number of aromatic amines is 1. The van der Waals surface area contributed by atoms with E-state index in [1.165, 1.54) is 0 Å². The van der Waals surface area contributed by atoms with Crippen LogP contribution in [0.4, 0.5) is 0 Å². The smallest absolute Gasteiger partial charge is 0.267 e. The molecule has 2 aromatic heterocycles. The van der Waals surface area contributed by atoms with Crippen molar-refractivity contribution in [2.75, 3.05) is 0 Å². The fourth-order valence-corrected chi connectivity index (χ4v) is 1.24. The van der Waals surface area contributed by atoms with Crippen LogP contribution < -0.4 is 5.56 Å². The monoisotopic (exact) mass is 187 g/mol. The number of H-pyrrole nitrogens is 1. The Labute approximate surface area is 80.6 Å². The van der Waals surface area contributed by atoms with Crippen molar-refractivity contribution in [2.45, 2.75) is 6.92 Å². The van der Waals surface area contributed by atoms with Gasteiger partial charge in [0.15, 0.2) is 0 Å². The first-order valence-corrected chi connectivity index (χ1v) is 4.25. The van der Waals surface area contributed by atoms with Gasteiger partial charge in [-0.1, -0.05) is 6.07 Å². The quantitative estimate of drug-likeness (QED) is 0.728. The lowest BCUT2D eigenvalue weighted by molar-refractivity contribution is 0.969. The summed E-state index contributed by atoms with van der Waals surface area (Å²) in [7, 11) is 0. The summed E-state index contributed by atoms with van der Waals surface area (Å²) in [5, 5.41) is 6.12. The molecule has 1 N–H and O–H groups in total. The van der Waals surface area contributed by atoms with E-state index in [1.54, 1.807) is 19.3 Å². The molecular formula is C10H9N3O. The highest BCUT2D eigenvalue weighted by molar-refractivity contribution is 5.60. The van der Waals surface area contributed by atoms with Crippen LogP contribution in [0, 0.1) is 6.92 Å². The van der Waals surface area contributed by atoms with E-state index < -0.39 is 0 Å². The highest BCUT2D eigenvalue weighted by atomic mass is 16.1. The Kier molecular flexibility index (Phi) is 2.10. The molecular weight excluding hydrogens is 178 g/mol. The van der Waals surface area contributed by atoms with Crippen molar-refractivity contribution in [1.29, 1.82) is 0 Å². The number of hydrogen-bond donors (Lipinski definition) is 1. The zero-order valence-electron chi connectivity index (χ0n) is 7.69. The van der Waals surface area contributed by atoms with Crippen LogP contribution in [0.15, 0.2) is 35.4 Å². The molecule has 0 aliphatic heterocycles. The zero-order valence-corrected chi connectivity index (χ0v) is 7.69. The summed E-state index contributed by atoms with van der Waals surface area (Å²) >= 11 is 0. The Hall–Kier alpha value is -1.97. The molecule has 0 atom stereocenters. The Morgan fingerprint density at radius 3 is 2.93 bits per heavy atom. The van der Waals surface area contributed by atoms with Crippen LogP contribution in [0.5, 0.6) is 0 Å². The van der Waals surface area contributed by atoms with Crippen molar-refractivity contribution in [3.05, 3.63) is 46.5 Å². The van der Waals surface area contributed by atoms with Gasteiger partial charge in [-0.2, -0.15) is 5.10 Å². The fraction of sp³-hybridized carbons (Fsp3) is 0.100. The highest BCUT2D eigenvalue weighted by Crippen LogP contribution is 2.15. The van der Waals surface area contributed by atoms with Gasteiger partial charge in [0.1, 0.15) is 0 Å². The minimum absolute atomic E-state index is 0.173. The van der Waals surface area contributed by atoms with Crippen LogP contribution in [0.25, 0.3) is 11.3 Å². The number of rotatable bonds is 1. The first kappa shape index (κ1) is 8.62. The summed E-state index contributed by atoms with van der Waals surface area (Å²) < 4.78 is 0. The molecule has 2 heterocycles. The molecule has 0 spiro atoms. The lowest BCUT2D eigenvalue weighted by atomic mass is 10.1. The highest BCUT2D eigenvalue weighted by Gasteiger charge is 2.05. The molecule has 0 fully saturated rings. The molecule has 0 bridgehead atoms. The minimum atomic E-state index is -0.173. The summed E-state index contributed by atoms with van der Waals surface area (Å²) in [6.45, 7) is 1.75. The fourth-order valence-electron chi connectivity index (χ4n) is 1.24. The van der Waals surface area contributed by atoms with Crippen LogP contribution in [0.3, 0.4) is 0 Å². The predicted octanol–water partition coefficient (Wildman–Crippen LogP) is 1.14. The van der Waals surface area contributed by atoms with Crippen LogP contribution in [-0.2, 0) is 0 Å². The Morgan fingerprint density at radius 1 is 1.36 bits per heavy atom. The molecule has 70 valence electrons. The molecule has 2 rings (SSSR count). The second-order valence-corrected chi connectivity index (χ2v) is 2.95. The van der Waals surface area contributed by atoms with E-state index in [-0.39, 0.29) is 5.56 Å². The maximum absolute atomic E-state index is 11.3. The van der Waals surface area contributed by atoms with Gasteiger partial charge in [0.2, 0.25) is 0 Å². The number of pyridine rings is 1. The number of hydrogen-bond acceptors (Lipinski definition) is 3. The number of aromatic nitrogens is 3. The third-order valence-electron chi connectivity index (χ3n) is 2.05.